The van der Waals surface area contributed by atoms with E-state index in [2.05, 4.69) is 57.6 Å². The van der Waals surface area contributed by atoms with Crippen LogP contribution in [0, 0.1) is 0 Å². The van der Waals surface area contributed by atoms with Gasteiger partial charge in [-0.25, -0.2) is 0 Å². The van der Waals surface area contributed by atoms with E-state index in [0.29, 0.717) is 11.3 Å². The van der Waals surface area contributed by atoms with Gasteiger partial charge in [0, 0.05) is 50.5 Å². The zero-order valence-corrected chi connectivity index (χ0v) is 19.6. The Kier molecular flexibility index (Phi) is 8.07. The monoisotopic (exact) mass is 457 g/mol. The zero-order chi connectivity index (χ0) is 23.8. The van der Waals surface area contributed by atoms with E-state index in [0.717, 1.165) is 45.0 Å². The molecule has 1 aliphatic heterocycles. The molecule has 1 amide bonds. The molecule has 6 heteroatoms. The smallest absolute Gasteiger partial charge is 0.262 e. The van der Waals surface area contributed by atoms with Crippen molar-refractivity contribution in [3.63, 3.8) is 0 Å². The maximum atomic E-state index is 12.3. The first kappa shape index (κ1) is 23.7. The van der Waals surface area contributed by atoms with E-state index >= 15 is 0 Å². The summed E-state index contributed by atoms with van der Waals surface area (Å²) in [7, 11) is 0. The third-order valence-electron chi connectivity index (χ3n) is 5.97. The van der Waals surface area contributed by atoms with Crippen LogP contribution >= 0.6 is 0 Å². The quantitative estimate of drug-likeness (QED) is 0.488. The standard InChI is InChI=1S/C28H31N3O3/c1-22(32)25-8-5-9-27(18-25)34-21-28(33)29-26-12-10-24(11-13-26)20-31-16-14-30(15-17-31)19-23-6-3-2-4-7-23/h2-13,18H,14-17,19-21H2,1H3,(H,29,33). The van der Waals surface area contributed by atoms with Gasteiger partial charge in [-0.2, -0.15) is 0 Å². The van der Waals surface area contributed by atoms with E-state index in [9.17, 15) is 9.59 Å². The lowest BCUT2D eigenvalue weighted by molar-refractivity contribution is -0.118. The van der Waals surface area contributed by atoms with Gasteiger partial charge in [0.25, 0.3) is 5.91 Å². The Morgan fingerprint density at radius 3 is 2.03 bits per heavy atom. The number of ether oxygens (including phenoxy) is 1. The average molecular weight is 458 g/mol. The van der Waals surface area contributed by atoms with Crippen molar-refractivity contribution in [2.75, 3.05) is 38.1 Å². The van der Waals surface area contributed by atoms with Crippen LogP contribution in [0.3, 0.4) is 0 Å². The topological polar surface area (TPSA) is 61.9 Å². The number of carbonyl (C=O) groups is 2. The summed E-state index contributed by atoms with van der Waals surface area (Å²) in [4.78, 5) is 28.7. The minimum Gasteiger partial charge on any atom is -0.484 e. The van der Waals surface area contributed by atoms with Crippen molar-refractivity contribution in [3.05, 3.63) is 95.6 Å². The number of piperazine rings is 1. The van der Waals surface area contributed by atoms with Crippen LogP contribution in [0.4, 0.5) is 5.69 Å². The number of hydrogen-bond acceptors (Lipinski definition) is 5. The third kappa shape index (κ3) is 7.01. The molecule has 0 atom stereocenters. The molecular formula is C28H31N3O3. The molecule has 34 heavy (non-hydrogen) atoms. The highest BCUT2D eigenvalue weighted by molar-refractivity contribution is 5.94. The fourth-order valence-corrected chi connectivity index (χ4v) is 4.05. The predicted molar refractivity (Wildman–Crippen MR) is 134 cm³/mol. The van der Waals surface area contributed by atoms with Gasteiger partial charge in [-0.05, 0) is 42.3 Å². The van der Waals surface area contributed by atoms with Crippen LogP contribution in [0.25, 0.3) is 0 Å². The highest BCUT2D eigenvalue weighted by Crippen LogP contribution is 2.16. The summed E-state index contributed by atoms with van der Waals surface area (Å²) in [6.45, 7) is 7.54. The Bertz CT molecular complexity index is 1090. The number of ketones is 1. The van der Waals surface area contributed by atoms with Gasteiger partial charge in [0.1, 0.15) is 5.75 Å². The maximum absolute atomic E-state index is 12.3. The molecule has 0 bridgehead atoms. The summed E-state index contributed by atoms with van der Waals surface area (Å²) in [5.74, 6) is 0.224. The molecule has 0 aromatic heterocycles. The van der Waals surface area contributed by atoms with E-state index in [1.807, 2.05) is 12.1 Å². The molecule has 6 nitrogen and oxygen atoms in total. The maximum Gasteiger partial charge on any atom is 0.262 e. The lowest BCUT2D eigenvalue weighted by atomic mass is 10.1. The van der Waals surface area contributed by atoms with Crippen molar-refractivity contribution in [1.29, 1.82) is 0 Å². The van der Waals surface area contributed by atoms with Crippen LogP contribution < -0.4 is 10.1 Å². The lowest BCUT2D eigenvalue weighted by Crippen LogP contribution is -2.45. The van der Waals surface area contributed by atoms with Gasteiger partial charge in [0.05, 0.1) is 0 Å². The first-order chi connectivity index (χ1) is 16.5. The normalized spacial score (nSPS) is 14.5. The molecule has 3 aromatic rings. The zero-order valence-electron chi connectivity index (χ0n) is 19.6. The van der Waals surface area contributed by atoms with Crippen LogP contribution in [-0.2, 0) is 17.9 Å². The minimum atomic E-state index is -0.240. The molecule has 0 spiro atoms. The van der Waals surface area contributed by atoms with Crippen molar-refractivity contribution < 1.29 is 14.3 Å². The molecule has 0 saturated carbocycles. The second-order valence-corrected chi connectivity index (χ2v) is 8.66. The van der Waals surface area contributed by atoms with Gasteiger partial charge in [-0.3, -0.25) is 19.4 Å². The van der Waals surface area contributed by atoms with E-state index in [1.54, 1.807) is 24.3 Å². The van der Waals surface area contributed by atoms with Crippen LogP contribution in [-0.4, -0.2) is 54.3 Å². The average Bonchev–Trinajstić information content (AvgIpc) is 2.86. The number of amides is 1. The molecule has 1 fully saturated rings. The van der Waals surface area contributed by atoms with Crippen molar-refractivity contribution >= 4 is 17.4 Å². The number of hydrogen-bond donors (Lipinski definition) is 1. The lowest BCUT2D eigenvalue weighted by Gasteiger charge is -2.34. The van der Waals surface area contributed by atoms with Crippen molar-refractivity contribution in [3.8, 4) is 5.75 Å². The Morgan fingerprint density at radius 2 is 1.41 bits per heavy atom. The third-order valence-corrected chi connectivity index (χ3v) is 5.97. The molecule has 176 valence electrons. The fraction of sp³-hybridized carbons (Fsp3) is 0.286. The number of nitrogens with zero attached hydrogens (tertiary/aromatic N) is 2. The fourth-order valence-electron chi connectivity index (χ4n) is 4.05. The predicted octanol–water partition coefficient (Wildman–Crippen LogP) is 4.22. The van der Waals surface area contributed by atoms with Crippen LogP contribution in [0.1, 0.15) is 28.4 Å². The van der Waals surface area contributed by atoms with Gasteiger partial charge < -0.3 is 10.1 Å². The number of nitrogens with one attached hydrogen (secondary N) is 1. The van der Waals surface area contributed by atoms with Crippen molar-refractivity contribution in [2.24, 2.45) is 0 Å². The molecule has 1 aliphatic rings. The Balaban J connectivity index is 1.19. The van der Waals surface area contributed by atoms with E-state index in [1.165, 1.54) is 18.1 Å². The number of benzene rings is 3. The highest BCUT2D eigenvalue weighted by Gasteiger charge is 2.17. The van der Waals surface area contributed by atoms with Gasteiger partial charge in [-0.15, -0.1) is 0 Å². The molecule has 3 aromatic carbocycles. The van der Waals surface area contributed by atoms with Gasteiger partial charge in [0.2, 0.25) is 0 Å². The molecule has 1 saturated heterocycles. The Hall–Kier alpha value is -3.48. The van der Waals surface area contributed by atoms with Crippen LogP contribution in [0.15, 0.2) is 78.9 Å². The molecule has 4 rings (SSSR count). The van der Waals surface area contributed by atoms with Gasteiger partial charge >= 0.3 is 0 Å². The van der Waals surface area contributed by atoms with E-state index in [4.69, 9.17) is 4.74 Å². The summed E-state index contributed by atoms with van der Waals surface area (Å²) in [6, 6.07) is 25.4. The molecule has 1 N–H and O–H groups in total. The first-order valence-electron chi connectivity index (χ1n) is 11.7. The van der Waals surface area contributed by atoms with Gasteiger partial charge in [0.15, 0.2) is 12.4 Å². The number of anilines is 1. The molecule has 0 radical (unpaired) electrons. The van der Waals surface area contributed by atoms with E-state index < -0.39 is 0 Å². The highest BCUT2D eigenvalue weighted by atomic mass is 16.5. The number of Topliss-reactive ketones (excluding diaryl/α,β-unsaturated/α-hetero) is 1. The molecule has 0 unspecified atom stereocenters. The van der Waals surface area contributed by atoms with Crippen LogP contribution in [0.2, 0.25) is 0 Å². The largest absolute Gasteiger partial charge is 0.484 e. The first-order valence-corrected chi connectivity index (χ1v) is 11.7. The summed E-state index contributed by atoms with van der Waals surface area (Å²) < 4.78 is 5.53. The second-order valence-electron chi connectivity index (χ2n) is 8.66. The van der Waals surface area contributed by atoms with E-state index in [-0.39, 0.29) is 18.3 Å². The molecule has 0 aliphatic carbocycles. The van der Waals surface area contributed by atoms with Crippen LogP contribution in [0.5, 0.6) is 5.75 Å². The van der Waals surface area contributed by atoms with Crippen molar-refractivity contribution in [2.45, 2.75) is 20.0 Å². The summed E-state index contributed by atoms with van der Waals surface area (Å²) in [6.07, 6.45) is 0. The summed E-state index contributed by atoms with van der Waals surface area (Å²) >= 11 is 0. The van der Waals surface area contributed by atoms with Crippen molar-refractivity contribution in [1.82, 2.24) is 9.80 Å². The number of rotatable bonds is 9. The number of carbonyl (C=O) groups excluding carboxylic acids is 2. The minimum absolute atomic E-state index is 0.0379. The molecule has 1 heterocycles. The summed E-state index contributed by atoms with van der Waals surface area (Å²) in [5.41, 5.74) is 3.89. The Morgan fingerprint density at radius 1 is 0.794 bits per heavy atom. The SMILES string of the molecule is CC(=O)c1cccc(OCC(=O)Nc2ccc(CN3CCN(Cc4ccccc4)CC3)cc2)c1. The summed E-state index contributed by atoms with van der Waals surface area (Å²) in [5, 5.41) is 2.86. The Labute approximate surface area is 201 Å². The second kappa shape index (κ2) is 11.6. The van der Waals surface area contributed by atoms with Gasteiger partial charge in [-0.1, -0.05) is 54.6 Å². The molecular weight excluding hydrogens is 426 g/mol.